The molecule has 1 amide bonds. The highest BCUT2D eigenvalue weighted by Crippen LogP contribution is 2.16. The van der Waals surface area contributed by atoms with Gasteiger partial charge in [-0.15, -0.1) is 0 Å². The minimum atomic E-state index is -0.554. The average Bonchev–Trinajstić information content (AvgIpc) is 3.24. The number of hydrogen-bond donors (Lipinski definition) is 3. The molecular weight excluding hydrogens is 330 g/mol. The second-order valence-corrected chi connectivity index (χ2v) is 5.40. The van der Waals surface area contributed by atoms with Crippen molar-refractivity contribution in [1.82, 2.24) is 24.1 Å². The lowest BCUT2D eigenvalue weighted by Crippen LogP contribution is -2.38. The van der Waals surface area contributed by atoms with E-state index in [1.807, 2.05) is 5.43 Å². The number of carbonyl (C=O) groups is 1. The van der Waals surface area contributed by atoms with Crippen LogP contribution in [0.25, 0.3) is 11.2 Å². The van der Waals surface area contributed by atoms with Gasteiger partial charge in [0.1, 0.15) is 12.3 Å². The Hall–Kier alpha value is -3.34. The summed E-state index contributed by atoms with van der Waals surface area (Å²) in [6.07, 6.45) is 1.53. The topological polar surface area (TPSA) is 142 Å². The predicted molar refractivity (Wildman–Crippen MR) is 88.6 cm³/mol. The van der Waals surface area contributed by atoms with Crippen LogP contribution in [0, 0.1) is 0 Å². The molecule has 0 atom stereocenters. The molecule has 0 aliphatic rings. The average molecular weight is 347 g/mol. The molecule has 0 radical (unpaired) electrons. The van der Waals surface area contributed by atoms with E-state index in [1.165, 1.54) is 29.5 Å². The van der Waals surface area contributed by atoms with E-state index >= 15 is 0 Å². The second kappa shape index (κ2) is 6.28. The summed E-state index contributed by atoms with van der Waals surface area (Å²) in [6.45, 7) is 0.0513. The Labute approximate surface area is 140 Å². The first-order valence-electron chi connectivity index (χ1n) is 7.36. The third-order valence-electron chi connectivity index (χ3n) is 3.81. The molecule has 11 nitrogen and oxygen atoms in total. The molecule has 4 N–H and O–H groups in total. The van der Waals surface area contributed by atoms with E-state index in [9.17, 15) is 14.4 Å². The van der Waals surface area contributed by atoms with Crippen molar-refractivity contribution in [2.75, 3.05) is 5.32 Å². The number of hydrogen-bond acceptors (Lipinski definition) is 7. The molecule has 0 aliphatic carbocycles. The van der Waals surface area contributed by atoms with Crippen molar-refractivity contribution < 1.29 is 9.21 Å². The number of hydrazine groups is 1. The van der Waals surface area contributed by atoms with E-state index in [4.69, 9.17) is 10.3 Å². The Morgan fingerprint density at radius 1 is 1.32 bits per heavy atom. The zero-order chi connectivity index (χ0) is 18.1. The molecule has 132 valence electrons. The summed E-state index contributed by atoms with van der Waals surface area (Å²) in [4.78, 5) is 40.7. The lowest BCUT2D eigenvalue weighted by atomic mass is 10.4. The van der Waals surface area contributed by atoms with Gasteiger partial charge < -0.3 is 9.73 Å². The van der Waals surface area contributed by atoms with Crippen molar-refractivity contribution in [3.05, 3.63) is 45.0 Å². The number of aromatic nitrogens is 4. The predicted octanol–water partition coefficient (Wildman–Crippen LogP) is -1.37. The van der Waals surface area contributed by atoms with Crippen LogP contribution in [0.3, 0.4) is 0 Å². The molecule has 0 aromatic carbocycles. The Morgan fingerprint density at radius 3 is 2.72 bits per heavy atom. The van der Waals surface area contributed by atoms with Crippen molar-refractivity contribution in [1.29, 1.82) is 0 Å². The van der Waals surface area contributed by atoms with E-state index in [-0.39, 0.29) is 30.2 Å². The molecule has 0 aliphatic heterocycles. The monoisotopic (exact) mass is 347 g/mol. The number of aryl methyl sites for hydroxylation is 1. The zero-order valence-corrected chi connectivity index (χ0v) is 13.6. The van der Waals surface area contributed by atoms with Gasteiger partial charge in [-0.25, -0.2) is 10.6 Å². The lowest BCUT2D eigenvalue weighted by molar-refractivity contribution is -0.121. The van der Waals surface area contributed by atoms with Crippen LogP contribution in [0.15, 0.2) is 32.4 Å². The summed E-state index contributed by atoms with van der Waals surface area (Å²) in [6, 6.07) is 3.50. The van der Waals surface area contributed by atoms with Gasteiger partial charge in [-0.2, -0.15) is 4.98 Å². The van der Waals surface area contributed by atoms with Gasteiger partial charge in [0.2, 0.25) is 5.95 Å². The molecule has 0 bridgehead atoms. The normalized spacial score (nSPS) is 11.0. The van der Waals surface area contributed by atoms with Crippen molar-refractivity contribution in [3.63, 3.8) is 0 Å². The molecular formula is C14H17N7O4. The van der Waals surface area contributed by atoms with Crippen LogP contribution in [0.5, 0.6) is 0 Å². The fourth-order valence-electron chi connectivity index (χ4n) is 2.50. The maximum Gasteiger partial charge on any atom is 0.332 e. The minimum absolute atomic E-state index is 0.121. The number of amides is 1. The SMILES string of the molecule is Cn1c(=O)c2c(nc(NCc3ccco3)n2CC(=O)NN)n(C)c1=O. The van der Waals surface area contributed by atoms with Gasteiger partial charge >= 0.3 is 5.69 Å². The standard InChI is InChI=1S/C14H17N7O4/c1-19-11-10(12(23)20(2)14(19)24)21(7-9(22)18-15)13(17-11)16-6-8-4-3-5-25-8/h3-5H,6-7,15H2,1-2H3,(H,16,17)(H,18,22). The molecule has 25 heavy (non-hydrogen) atoms. The smallest absolute Gasteiger partial charge is 0.332 e. The van der Waals surface area contributed by atoms with Crippen LogP contribution >= 0.6 is 0 Å². The summed E-state index contributed by atoms with van der Waals surface area (Å²) in [5.41, 5.74) is 1.24. The van der Waals surface area contributed by atoms with Crippen LogP contribution in [0.1, 0.15) is 5.76 Å². The number of nitrogens with two attached hydrogens (primary N) is 1. The zero-order valence-electron chi connectivity index (χ0n) is 13.6. The molecule has 3 aromatic heterocycles. The Bertz CT molecular complexity index is 1040. The Kier molecular flexibility index (Phi) is 4.15. The third-order valence-corrected chi connectivity index (χ3v) is 3.81. The maximum atomic E-state index is 12.5. The maximum absolute atomic E-state index is 12.5. The number of nitrogens with zero attached hydrogens (tertiary/aromatic N) is 4. The molecule has 0 fully saturated rings. The van der Waals surface area contributed by atoms with Gasteiger partial charge in [0, 0.05) is 14.1 Å². The number of anilines is 1. The van der Waals surface area contributed by atoms with Gasteiger partial charge in [-0.1, -0.05) is 0 Å². The molecule has 3 heterocycles. The molecule has 11 heteroatoms. The number of fused-ring (bicyclic) bond motifs is 1. The van der Waals surface area contributed by atoms with Crippen LogP contribution in [0.4, 0.5) is 5.95 Å². The van der Waals surface area contributed by atoms with Crippen molar-refractivity contribution in [2.45, 2.75) is 13.1 Å². The van der Waals surface area contributed by atoms with E-state index < -0.39 is 17.2 Å². The summed E-state index contributed by atoms with van der Waals surface area (Å²) in [5, 5.41) is 3.00. The molecule has 0 saturated heterocycles. The van der Waals surface area contributed by atoms with E-state index in [2.05, 4.69) is 10.3 Å². The third kappa shape index (κ3) is 2.80. The lowest BCUT2D eigenvalue weighted by Gasteiger charge is -2.09. The van der Waals surface area contributed by atoms with Crippen LogP contribution < -0.4 is 27.8 Å². The second-order valence-electron chi connectivity index (χ2n) is 5.40. The first-order chi connectivity index (χ1) is 11.9. The quantitative estimate of drug-likeness (QED) is 0.293. The number of nitrogens with one attached hydrogen (secondary N) is 2. The fraction of sp³-hybridized carbons (Fsp3) is 0.286. The molecule has 3 rings (SSSR count). The molecule has 0 saturated carbocycles. The summed E-state index contributed by atoms with van der Waals surface area (Å²) >= 11 is 0. The number of furan rings is 1. The summed E-state index contributed by atoms with van der Waals surface area (Å²) in [7, 11) is 2.86. The number of carbonyl (C=O) groups excluding carboxylic acids is 1. The van der Waals surface area contributed by atoms with Gasteiger partial charge in [0.25, 0.3) is 11.5 Å². The van der Waals surface area contributed by atoms with Crippen molar-refractivity contribution >= 4 is 23.0 Å². The number of imidazole rings is 1. The van der Waals surface area contributed by atoms with Crippen LogP contribution in [-0.2, 0) is 32.0 Å². The Balaban J connectivity index is 2.17. The molecule has 3 aromatic rings. The summed E-state index contributed by atoms with van der Waals surface area (Å²) in [5.74, 6) is 5.52. The van der Waals surface area contributed by atoms with Crippen LogP contribution in [-0.4, -0.2) is 24.6 Å². The van der Waals surface area contributed by atoms with Gasteiger partial charge in [0.15, 0.2) is 11.2 Å². The van der Waals surface area contributed by atoms with Gasteiger partial charge in [-0.05, 0) is 12.1 Å². The Morgan fingerprint density at radius 2 is 2.08 bits per heavy atom. The first-order valence-corrected chi connectivity index (χ1v) is 7.36. The van der Waals surface area contributed by atoms with Gasteiger partial charge in [0.05, 0.1) is 12.8 Å². The molecule has 0 spiro atoms. The largest absolute Gasteiger partial charge is 0.467 e. The minimum Gasteiger partial charge on any atom is -0.467 e. The van der Waals surface area contributed by atoms with E-state index in [0.29, 0.717) is 5.76 Å². The van der Waals surface area contributed by atoms with Gasteiger partial charge in [-0.3, -0.25) is 28.7 Å². The highest BCUT2D eigenvalue weighted by Gasteiger charge is 2.20. The highest BCUT2D eigenvalue weighted by molar-refractivity contribution is 5.80. The first kappa shape index (κ1) is 16.5. The summed E-state index contributed by atoms with van der Waals surface area (Å²) < 4.78 is 8.81. The van der Waals surface area contributed by atoms with Crippen molar-refractivity contribution in [2.24, 2.45) is 19.9 Å². The van der Waals surface area contributed by atoms with Crippen molar-refractivity contribution in [3.8, 4) is 0 Å². The molecule has 0 unspecified atom stereocenters. The highest BCUT2D eigenvalue weighted by atomic mass is 16.3. The van der Waals surface area contributed by atoms with E-state index in [1.54, 1.807) is 12.1 Å². The van der Waals surface area contributed by atoms with E-state index in [0.717, 1.165) is 4.57 Å². The fourth-order valence-corrected chi connectivity index (χ4v) is 2.50. The van der Waals surface area contributed by atoms with Crippen LogP contribution in [0.2, 0.25) is 0 Å². The number of rotatable bonds is 5.